The SMILES string of the molecule is CCOC(=O)N1CCN(C(=O)c2snnc2-c2ccc(Cl)cc2)CC1. The average Bonchev–Trinajstić information content (AvgIpc) is 3.12. The number of nitrogens with zero attached hydrogens (tertiary/aromatic N) is 4. The number of amides is 2. The van der Waals surface area contributed by atoms with Crippen LogP contribution >= 0.6 is 23.1 Å². The van der Waals surface area contributed by atoms with E-state index in [0.29, 0.717) is 48.4 Å². The van der Waals surface area contributed by atoms with Crippen molar-refractivity contribution in [1.82, 2.24) is 19.4 Å². The third kappa shape index (κ3) is 3.91. The van der Waals surface area contributed by atoms with Gasteiger partial charge < -0.3 is 14.5 Å². The largest absolute Gasteiger partial charge is 0.450 e. The summed E-state index contributed by atoms with van der Waals surface area (Å²) in [5, 5.41) is 4.71. The highest BCUT2D eigenvalue weighted by Gasteiger charge is 2.28. The molecular weight excluding hydrogens is 364 g/mol. The molecule has 2 amide bonds. The van der Waals surface area contributed by atoms with Gasteiger partial charge in [-0.2, -0.15) is 0 Å². The van der Waals surface area contributed by atoms with Crippen molar-refractivity contribution in [2.75, 3.05) is 32.8 Å². The molecule has 1 aliphatic rings. The van der Waals surface area contributed by atoms with E-state index in [1.807, 2.05) is 12.1 Å². The van der Waals surface area contributed by atoms with Crippen LogP contribution in [0.25, 0.3) is 11.3 Å². The van der Waals surface area contributed by atoms with Crippen LogP contribution in [0.5, 0.6) is 0 Å². The van der Waals surface area contributed by atoms with E-state index in [2.05, 4.69) is 9.59 Å². The molecule has 25 heavy (non-hydrogen) atoms. The predicted octanol–water partition coefficient (Wildman–Crippen LogP) is 2.77. The Kier molecular flexibility index (Phi) is 5.50. The van der Waals surface area contributed by atoms with Gasteiger partial charge in [0.1, 0.15) is 10.6 Å². The normalized spacial score (nSPS) is 14.5. The van der Waals surface area contributed by atoms with Crippen LogP contribution < -0.4 is 0 Å². The average molecular weight is 381 g/mol. The zero-order chi connectivity index (χ0) is 17.8. The van der Waals surface area contributed by atoms with Gasteiger partial charge in [0, 0.05) is 36.8 Å². The van der Waals surface area contributed by atoms with Gasteiger partial charge >= 0.3 is 6.09 Å². The molecule has 1 aromatic heterocycles. The van der Waals surface area contributed by atoms with Crippen molar-refractivity contribution >= 4 is 35.1 Å². The minimum absolute atomic E-state index is 0.122. The highest BCUT2D eigenvalue weighted by Crippen LogP contribution is 2.26. The summed E-state index contributed by atoms with van der Waals surface area (Å²) in [5.41, 5.74) is 1.35. The van der Waals surface area contributed by atoms with Crippen LogP contribution in [0.3, 0.4) is 0 Å². The zero-order valence-corrected chi connectivity index (χ0v) is 15.2. The summed E-state index contributed by atoms with van der Waals surface area (Å²) >= 11 is 6.98. The first-order valence-electron chi connectivity index (χ1n) is 7.89. The van der Waals surface area contributed by atoms with Gasteiger partial charge in [0.15, 0.2) is 0 Å². The van der Waals surface area contributed by atoms with Crippen LogP contribution in [0.4, 0.5) is 4.79 Å². The van der Waals surface area contributed by atoms with Crippen molar-refractivity contribution in [2.45, 2.75) is 6.92 Å². The quantitative estimate of drug-likeness (QED) is 0.818. The molecule has 1 aromatic carbocycles. The number of rotatable bonds is 3. The maximum atomic E-state index is 12.8. The Bertz CT molecular complexity index is 757. The second-order valence-corrected chi connectivity index (χ2v) is 6.63. The number of halogens is 1. The lowest BCUT2D eigenvalue weighted by molar-refractivity contribution is 0.0574. The molecule has 0 unspecified atom stereocenters. The zero-order valence-electron chi connectivity index (χ0n) is 13.6. The van der Waals surface area contributed by atoms with Gasteiger partial charge in [0.2, 0.25) is 0 Å². The van der Waals surface area contributed by atoms with Crippen molar-refractivity contribution in [3.8, 4) is 11.3 Å². The summed E-state index contributed by atoms with van der Waals surface area (Å²) in [7, 11) is 0. The standard InChI is InChI=1S/C16H17ClN4O3S/c1-2-24-16(23)21-9-7-20(8-10-21)15(22)14-13(18-19-25-14)11-3-5-12(17)6-4-11/h3-6H,2,7-10H2,1H3. The maximum absolute atomic E-state index is 12.8. The molecule has 0 spiro atoms. The summed E-state index contributed by atoms with van der Waals surface area (Å²) in [6, 6.07) is 7.13. The van der Waals surface area contributed by atoms with Crippen LogP contribution in [-0.2, 0) is 4.74 Å². The van der Waals surface area contributed by atoms with Crippen molar-refractivity contribution in [3.05, 3.63) is 34.2 Å². The van der Waals surface area contributed by atoms with E-state index < -0.39 is 0 Å². The van der Waals surface area contributed by atoms with E-state index in [-0.39, 0.29) is 12.0 Å². The molecule has 0 aliphatic carbocycles. The predicted molar refractivity (Wildman–Crippen MR) is 94.9 cm³/mol. The Hall–Kier alpha value is -2.19. The van der Waals surface area contributed by atoms with Gasteiger partial charge in [-0.3, -0.25) is 4.79 Å². The minimum Gasteiger partial charge on any atom is -0.450 e. The number of piperazine rings is 1. The Morgan fingerprint density at radius 3 is 2.44 bits per heavy atom. The maximum Gasteiger partial charge on any atom is 0.409 e. The molecule has 2 aromatic rings. The van der Waals surface area contributed by atoms with E-state index in [1.165, 1.54) is 0 Å². The first kappa shape index (κ1) is 17.6. The van der Waals surface area contributed by atoms with Crippen molar-refractivity contribution in [2.24, 2.45) is 0 Å². The molecule has 2 heterocycles. The Morgan fingerprint density at radius 2 is 1.80 bits per heavy atom. The number of hydrogen-bond donors (Lipinski definition) is 0. The fourth-order valence-electron chi connectivity index (χ4n) is 2.58. The van der Waals surface area contributed by atoms with E-state index in [1.54, 1.807) is 28.9 Å². The van der Waals surface area contributed by atoms with E-state index in [0.717, 1.165) is 17.1 Å². The summed E-state index contributed by atoms with van der Waals surface area (Å²) in [6.45, 7) is 3.92. The third-order valence-electron chi connectivity index (χ3n) is 3.89. The van der Waals surface area contributed by atoms with E-state index in [9.17, 15) is 9.59 Å². The molecule has 1 fully saturated rings. The third-order valence-corrected chi connectivity index (χ3v) is 4.86. The monoisotopic (exact) mass is 380 g/mol. The molecule has 0 bridgehead atoms. The minimum atomic E-state index is -0.337. The Labute approximate surface area is 154 Å². The van der Waals surface area contributed by atoms with Gasteiger partial charge in [0.25, 0.3) is 5.91 Å². The molecule has 1 saturated heterocycles. The fraction of sp³-hybridized carbons (Fsp3) is 0.375. The first-order chi connectivity index (χ1) is 12.1. The number of ether oxygens (including phenoxy) is 1. The van der Waals surface area contributed by atoms with Crippen molar-refractivity contribution < 1.29 is 14.3 Å². The molecule has 1 aliphatic heterocycles. The molecule has 0 N–H and O–H groups in total. The van der Waals surface area contributed by atoms with E-state index >= 15 is 0 Å². The molecule has 0 atom stereocenters. The summed E-state index contributed by atoms with van der Waals surface area (Å²) in [6.07, 6.45) is -0.337. The number of aromatic nitrogens is 2. The highest BCUT2D eigenvalue weighted by molar-refractivity contribution is 7.08. The van der Waals surface area contributed by atoms with Gasteiger partial charge in [0.05, 0.1) is 6.61 Å². The van der Waals surface area contributed by atoms with Gasteiger partial charge in [-0.15, -0.1) is 5.10 Å². The van der Waals surface area contributed by atoms with Gasteiger partial charge in [-0.1, -0.05) is 28.2 Å². The topological polar surface area (TPSA) is 75.6 Å². The molecule has 132 valence electrons. The summed E-state index contributed by atoms with van der Waals surface area (Å²) in [4.78, 5) is 28.4. The van der Waals surface area contributed by atoms with Crippen molar-refractivity contribution in [3.63, 3.8) is 0 Å². The molecule has 7 nitrogen and oxygen atoms in total. The van der Waals surface area contributed by atoms with Crippen molar-refractivity contribution in [1.29, 1.82) is 0 Å². The molecule has 9 heteroatoms. The number of benzene rings is 1. The van der Waals surface area contributed by atoms with Crippen LogP contribution in [0.1, 0.15) is 16.6 Å². The van der Waals surface area contributed by atoms with Gasteiger partial charge in [-0.25, -0.2) is 4.79 Å². The van der Waals surface area contributed by atoms with Crippen LogP contribution in [-0.4, -0.2) is 64.2 Å². The summed E-state index contributed by atoms with van der Waals surface area (Å²) < 4.78 is 8.92. The molecule has 3 rings (SSSR count). The van der Waals surface area contributed by atoms with Crippen LogP contribution in [0.2, 0.25) is 5.02 Å². The number of carbonyl (C=O) groups is 2. The highest BCUT2D eigenvalue weighted by atomic mass is 35.5. The van der Waals surface area contributed by atoms with E-state index in [4.69, 9.17) is 16.3 Å². The second kappa shape index (κ2) is 7.79. The number of hydrogen-bond acceptors (Lipinski definition) is 6. The summed E-state index contributed by atoms with van der Waals surface area (Å²) in [5.74, 6) is -0.122. The van der Waals surface area contributed by atoms with Crippen LogP contribution in [0.15, 0.2) is 24.3 Å². The fourth-order valence-corrected chi connectivity index (χ4v) is 3.36. The smallest absolute Gasteiger partial charge is 0.409 e. The lowest BCUT2D eigenvalue weighted by Crippen LogP contribution is -2.50. The molecule has 0 saturated carbocycles. The second-order valence-electron chi connectivity index (χ2n) is 5.44. The molecular formula is C16H17ClN4O3S. The Balaban J connectivity index is 1.70. The lowest BCUT2D eigenvalue weighted by atomic mass is 10.1. The first-order valence-corrected chi connectivity index (χ1v) is 9.04. The Morgan fingerprint density at radius 1 is 1.16 bits per heavy atom. The van der Waals surface area contributed by atoms with Crippen LogP contribution in [0, 0.1) is 0 Å². The molecule has 0 radical (unpaired) electrons. The number of carbonyl (C=O) groups excluding carboxylic acids is 2. The van der Waals surface area contributed by atoms with Gasteiger partial charge in [-0.05, 0) is 30.6 Å². The lowest BCUT2D eigenvalue weighted by Gasteiger charge is -2.33.